The molecule has 178 valence electrons. The molecule has 29 heavy (non-hydrogen) atoms. The van der Waals surface area contributed by atoms with E-state index in [2.05, 4.69) is 36.9 Å². The van der Waals surface area contributed by atoms with E-state index in [0.29, 0.717) is 5.16 Å². The zero-order chi connectivity index (χ0) is 20.9. The molecule has 2 heteroatoms. The van der Waals surface area contributed by atoms with Crippen LogP contribution in [0.1, 0.15) is 163 Å². The first-order chi connectivity index (χ1) is 13.6. The van der Waals surface area contributed by atoms with Crippen molar-refractivity contribution in [2.24, 2.45) is 5.92 Å². The Morgan fingerprint density at radius 2 is 0.828 bits per heavy atom. The highest BCUT2D eigenvalue weighted by Crippen LogP contribution is 2.43. The second-order valence-electron chi connectivity index (χ2n) is 9.60. The van der Waals surface area contributed by atoms with Crippen LogP contribution in [-0.2, 0) is 0 Å². The predicted molar refractivity (Wildman–Crippen MR) is 146 cm³/mol. The lowest BCUT2D eigenvalue weighted by atomic mass is 9.77. The lowest BCUT2D eigenvalue weighted by molar-refractivity contribution is 0.274. The van der Waals surface area contributed by atoms with Crippen LogP contribution in [0.3, 0.4) is 0 Å². The zero-order valence-corrected chi connectivity index (χ0v) is 23.8. The molecule has 0 saturated heterocycles. The summed E-state index contributed by atoms with van der Waals surface area (Å²) in [6, 6.07) is 0. The maximum Gasteiger partial charge on any atom is -0.0122 e. The third-order valence-electron chi connectivity index (χ3n) is 6.87. The van der Waals surface area contributed by atoms with Crippen molar-refractivity contribution >= 4 is 26.2 Å². The Bertz CT molecular complexity index is 297. The van der Waals surface area contributed by atoms with Crippen LogP contribution in [-0.4, -0.2) is 5.16 Å². The molecule has 0 fully saturated rings. The number of unbranched alkanes of at least 4 members (excludes halogenated alkanes) is 13. The first kappa shape index (κ1) is 32.1. The van der Waals surface area contributed by atoms with E-state index in [1.807, 2.05) is 0 Å². The summed E-state index contributed by atoms with van der Waals surface area (Å²) in [6.45, 7) is 9.38. The third-order valence-corrected chi connectivity index (χ3v) is 7.92. The fourth-order valence-electron chi connectivity index (χ4n) is 4.77. The summed E-state index contributed by atoms with van der Waals surface area (Å²) >= 11 is 0. The van der Waals surface area contributed by atoms with E-state index in [-0.39, 0.29) is 17.0 Å². The van der Waals surface area contributed by atoms with Gasteiger partial charge in [0.2, 0.25) is 0 Å². The van der Waals surface area contributed by atoms with Crippen molar-refractivity contribution in [2.45, 2.75) is 168 Å². The monoisotopic (exact) mass is 492 g/mol. The summed E-state index contributed by atoms with van der Waals surface area (Å²) in [5, 5.41) is 0.527. The summed E-state index contributed by atoms with van der Waals surface area (Å²) in [5.41, 5.74) is 0. The van der Waals surface area contributed by atoms with E-state index in [1.165, 1.54) is 135 Å². The first-order valence-electron chi connectivity index (χ1n) is 13.4. The second kappa shape index (κ2) is 23.6. The van der Waals surface area contributed by atoms with Crippen molar-refractivity contribution in [1.82, 2.24) is 0 Å². The maximum atomic E-state index is 3.39. The van der Waals surface area contributed by atoms with Gasteiger partial charge in [-0.2, -0.15) is 0 Å². The minimum absolute atomic E-state index is 0. The fraction of sp³-hybridized carbons (Fsp3) is 1.00. The van der Waals surface area contributed by atoms with Gasteiger partial charge in [0, 0.05) is 0 Å². The van der Waals surface area contributed by atoms with E-state index in [9.17, 15) is 0 Å². The Morgan fingerprint density at radius 3 is 1.24 bits per heavy atom. The fourth-order valence-corrected chi connectivity index (χ4v) is 5.51. The molecule has 0 aromatic carbocycles. The van der Waals surface area contributed by atoms with E-state index in [1.54, 1.807) is 0 Å². The molecular weight excluding hydrogens is 435 g/mol. The molecule has 0 spiro atoms. The van der Waals surface area contributed by atoms with Gasteiger partial charge >= 0.3 is 0 Å². The van der Waals surface area contributed by atoms with Crippen LogP contribution in [0.15, 0.2) is 0 Å². The molecule has 0 amide bonds. The van der Waals surface area contributed by atoms with Crippen LogP contribution in [0.4, 0.5) is 0 Å². The molecule has 0 radical (unpaired) electrons. The third kappa shape index (κ3) is 18.2. The Labute approximate surface area is 199 Å². The minimum atomic E-state index is 0. The molecule has 0 saturated carbocycles. The predicted octanol–water partition coefficient (Wildman–Crippen LogP) is 11.1. The van der Waals surface area contributed by atoms with Crippen molar-refractivity contribution in [2.75, 3.05) is 0 Å². The molecular formula is C27H58BrP. The van der Waals surface area contributed by atoms with Crippen molar-refractivity contribution in [3.63, 3.8) is 0 Å². The summed E-state index contributed by atoms with van der Waals surface area (Å²) in [5.74, 6) is 0.939. The van der Waals surface area contributed by atoms with Gasteiger partial charge in [-0.3, -0.25) is 0 Å². The van der Waals surface area contributed by atoms with Crippen molar-refractivity contribution in [1.29, 1.82) is 0 Å². The molecule has 0 rings (SSSR count). The zero-order valence-electron chi connectivity index (χ0n) is 20.9. The van der Waals surface area contributed by atoms with E-state index in [0.717, 1.165) is 5.92 Å². The smallest absolute Gasteiger partial charge is 0.0122 e. The number of halogens is 1. The Morgan fingerprint density at radius 1 is 0.483 bits per heavy atom. The SMILES string of the molecule is Br.CCCCCCCCCCCCCC(CCCC)C(P)(CCCC)CCCC. The summed E-state index contributed by atoms with van der Waals surface area (Å²) in [4.78, 5) is 0. The van der Waals surface area contributed by atoms with Gasteiger partial charge in [0.05, 0.1) is 0 Å². The van der Waals surface area contributed by atoms with Gasteiger partial charge < -0.3 is 0 Å². The topological polar surface area (TPSA) is 0 Å². The average Bonchev–Trinajstić information content (AvgIpc) is 2.71. The normalized spacial score (nSPS) is 12.7. The highest BCUT2D eigenvalue weighted by atomic mass is 79.9. The Kier molecular flexibility index (Phi) is 26.1. The average molecular weight is 494 g/mol. The van der Waals surface area contributed by atoms with E-state index in [4.69, 9.17) is 0 Å². The van der Waals surface area contributed by atoms with Gasteiger partial charge in [-0.05, 0) is 36.8 Å². The van der Waals surface area contributed by atoms with Gasteiger partial charge in [0.15, 0.2) is 0 Å². The second-order valence-corrected chi connectivity index (χ2v) is 10.8. The minimum Gasteiger partial charge on any atom is -0.131 e. The Balaban J connectivity index is 0. The summed E-state index contributed by atoms with van der Waals surface area (Å²) in [7, 11) is 3.39. The quantitative estimate of drug-likeness (QED) is 0.104. The molecule has 0 heterocycles. The van der Waals surface area contributed by atoms with Crippen LogP contribution in [0, 0.1) is 5.92 Å². The van der Waals surface area contributed by atoms with Crippen LogP contribution in [0.25, 0.3) is 0 Å². The Hall–Kier alpha value is 0.910. The van der Waals surface area contributed by atoms with E-state index >= 15 is 0 Å². The molecule has 0 aliphatic heterocycles. The van der Waals surface area contributed by atoms with Gasteiger partial charge in [-0.15, -0.1) is 26.2 Å². The van der Waals surface area contributed by atoms with Crippen molar-refractivity contribution < 1.29 is 0 Å². The molecule has 0 bridgehead atoms. The molecule has 2 atom stereocenters. The molecule has 0 aliphatic carbocycles. The maximum absolute atomic E-state index is 3.39. The molecule has 0 nitrogen and oxygen atoms in total. The van der Waals surface area contributed by atoms with Crippen molar-refractivity contribution in [3.8, 4) is 0 Å². The highest BCUT2D eigenvalue weighted by Gasteiger charge is 2.32. The number of hydrogen-bond donors (Lipinski definition) is 0. The summed E-state index contributed by atoms with van der Waals surface area (Å²) < 4.78 is 0. The van der Waals surface area contributed by atoms with Gasteiger partial charge in [-0.25, -0.2) is 0 Å². The largest absolute Gasteiger partial charge is 0.131 e. The molecule has 0 aromatic rings. The number of hydrogen-bond acceptors (Lipinski definition) is 0. The number of rotatable bonds is 22. The van der Waals surface area contributed by atoms with Crippen LogP contribution in [0.2, 0.25) is 0 Å². The van der Waals surface area contributed by atoms with Gasteiger partial charge in [-0.1, -0.05) is 137 Å². The molecule has 0 aromatic heterocycles. The molecule has 0 aliphatic rings. The summed E-state index contributed by atoms with van der Waals surface area (Å²) in [6.07, 6.45) is 30.2. The van der Waals surface area contributed by atoms with Crippen LogP contribution in [0.5, 0.6) is 0 Å². The van der Waals surface area contributed by atoms with Gasteiger partial charge in [0.25, 0.3) is 0 Å². The van der Waals surface area contributed by atoms with E-state index < -0.39 is 0 Å². The molecule has 2 unspecified atom stereocenters. The first-order valence-corrected chi connectivity index (χ1v) is 14.0. The van der Waals surface area contributed by atoms with Crippen molar-refractivity contribution in [3.05, 3.63) is 0 Å². The van der Waals surface area contributed by atoms with Crippen LogP contribution >= 0.6 is 26.2 Å². The highest BCUT2D eigenvalue weighted by molar-refractivity contribution is 8.93. The lowest BCUT2D eigenvalue weighted by Crippen LogP contribution is -2.32. The van der Waals surface area contributed by atoms with Crippen LogP contribution < -0.4 is 0 Å². The standard InChI is InChI=1S/C27H57P.BrH/c1-5-9-13-14-15-16-17-18-19-20-21-23-26(22-10-6-2)27(28,24-11-7-3)25-12-8-4;/h26H,5-25,28H2,1-4H3;1H. The lowest BCUT2D eigenvalue weighted by Gasteiger charge is -2.39. The molecule has 0 N–H and O–H groups in total. The van der Waals surface area contributed by atoms with Gasteiger partial charge in [0.1, 0.15) is 0 Å².